The van der Waals surface area contributed by atoms with E-state index in [4.69, 9.17) is 4.74 Å². The van der Waals surface area contributed by atoms with Crippen molar-refractivity contribution in [3.63, 3.8) is 0 Å². The Morgan fingerprint density at radius 2 is 1.96 bits per heavy atom. The second kappa shape index (κ2) is 8.81. The molecule has 2 saturated heterocycles. The summed E-state index contributed by atoms with van der Waals surface area (Å²) in [7, 11) is 2.15. The lowest BCUT2D eigenvalue weighted by Gasteiger charge is -2.40. The van der Waals surface area contributed by atoms with Gasteiger partial charge in [-0.25, -0.2) is 0 Å². The molecule has 2 atom stereocenters. The summed E-state index contributed by atoms with van der Waals surface area (Å²) in [6, 6.07) is 11.2. The van der Waals surface area contributed by atoms with Crippen molar-refractivity contribution >= 4 is 5.69 Å². The lowest BCUT2D eigenvalue weighted by Crippen LogP contribution is -2.50. The van der Waals surface area contributed by atoms with Gasteiger partial charge in [-0.2, -0.15) is 0 Å². The van der Waals surface area contributed by atoms with Crippen molar-refractivity contribution in [1.29, 1.82) is 0 Å². The van der Waals surface area contributed by atoms with Gasteiger partial charge in [-0.1, -0.05) is 18.2 Å². The number of piperidine rings is 1. The molecule has 0 spiro atoms. The smallest absolute Gasteiger partial charge is 0.0793 e. The first-order chi connectivity index (χ1) is 11.7. The number of benzene rings is 1. The van der Waals surface area contributed by atoms with Crippen LogP contribution in [0.1, 0.15) is 12.8 Å². The molecule has 5 nitrogen and oxygen atoms in total. The molecule has 0 unspecified atom stereocenters. The van der Waals surface area contributed by atoms with E-state index in [1.165, 1.54) is 18.5 Å². The summed E-state index contributed by atoms with van der Waals surface area (Å²) >= 11 is 0. The monoisotopic (exact) mass is 333 g/mol. The maximum absolute atomic E-state index is 10.4. The lowest BCUT2D eigenvalue weighted by atomic mass is 10.0. The number of hydrogen-bond acceptors (Lipinski definition) is 5. The van der Waals surface area contributed by atoms with Crippen LogP contribution in [0.25, 0.3) is 0 Å². The number of anilines is 1. The summed E-state index contributed by atoms with van der Waals surface area (Å²) < 4.78 is 5.37. The largest absolute Gasteiger partial charge is 0.390 e. The Morgan fingerprint density at radius 3 is 2.71 bits per heavy atom. The van der Waals surface area contributed by atoms with Gasteiger partial charge < -0.3 is 14.7 Å². The van der Waals surface area contributed by atoms with Gasteiger partial charge >= 0.3 is 0 Å². The van der Waals surface area contributed by atoms with E-state index in [0.717, 1.165) is 52.5 Å². The molecule has 2 fully saturated rings. The van der Waals surface area contributed by atoms with Gasteiger partial charge in [0.25, 0.3) is 0 Å². The van der Waals surface area contributed by atoms with Crippen molar-refractivity contribution in [2.24, 2.45) is 0 Å². The maximum Gasteiger partial charge on any atom is 0.0793 e. The zero-order valence-corrected chi connectivity index (χ0v) is 14.8. The van der Waals surface area contributed by atoms with E-state index in [9.17, 15) is 5.11 Å². The van der Waals surface area contributed by atoms with Gasteiger partial charge in [-0.05, 0) is 32.0 Å². The third-order valence-electron chi connectivity index (χ3n) is 5.21. The molecule has 1 aromatic carbocycles. The van der Waals surface area contributed by atoms with Crippen LogP contribution in [-0.2, 0) is 4.74 Å². The summed E-state index contributed by atoms with van der Waals surface area (Å²) in [6.07, 6.45) is 2.13. The molecule has 24 heavy (non-hydrogen) atoms. The molecule has 0 bridgehead atoms. The molecule has 1 N–H and O–H groups in total. The molecular weight excluding hydrogens is 302 g/mol. The zero-order chi connectivity index (χ0) is 16.8. The Morgan fingerprint density at radius 1 is 1.21 bits per heavy atom. The predicted molar refractivity (Wildman–Crippen MR) is 97.6 cm³/mol. The van der Waals surface area contributed by atoms with Crippen molar-refractivity contribution in [3.05, 3.63) is 30.3 Å². The fourth-order valence-corrected chi connectivity index (χ4v) is 3.81. The number of β-amino-alcohol motifs (C(OH)–C–C–N with tert-alkyl or cyclic N) is 1. The Balaban J connectivity index is 1.47. The number of ether oxygens (including phenoxy) is 1. The first kappa shape index (κ1) is 17.7. The van der Waals surface area contributed by atoms with E-state index >= 15 is 0 Å². The maximum atomic E-state index is 10.4. The molecule has 2 aliphatic rings. The van der Waals surface area contributed by atoms with Crippen LogP contribution in [0.5, 0.6) is 0 Å². The minimum atomic E-state index is -0.291. The molecule has 134 valence electrons. The first-order valence-electron chi connectivity index (χ1n) is 9.21. The molecule has 0 aliphatic carbocycles. The van der Waals surface area contributed by atoms with Gasteiger partial charge in [0.1, 0.15) is 0 Å². The molecule has 0 aromatic heterocycles. The van der Waals surface area contributed by atoms with Gasteiger partial charge in [-0.3, -0.25) is 9.80 Å². The highest BCUT2D eigenvalue weighted by Crippen LogP contribution is 2.21. The number of para-hydroxylation sites is 1. The topological polar surface area (TPSA) is 39.2 Å². The normalized spacial score (nSPS) is 24.3. The quantitative estimate of drug-likeness (QED) is 0.849. The number of morpholine rings is 1. The van der Waals surface area contributed by atoms with E-state index < -0.39 is 0 Å². The highest BCUT2D eigenvalue weighted by Gasteiger charge is 2.25. The molecule has 0 radical (unpaired) electrons. The SMILES string of the molecule is CN(C[C@@H](O)CN1CCOCC1)[C@H]1CCCN(c2ccccc2)C1. The van der Waals surface area contributed by atoms with Crippen LogP contribution in [0.2, 0.25) is 0 Å². The van der Waals surface area contributed by atoms with Gasteiger partial charge in [0, 0.05) is 51.0 Å². The van der Waals surface area contributed by atoms with E-state index in [0.29, 0.717) is 6.04 Å². The Hall–Kier alpha value is -1.14. The number of hydrogen-bond donors (Lipinski definition) is 1. The van der Waals surface area contributed by atoms with Crippen molar-refractivity contribution < 1.29 is 9.84 Å². The van der Waals surface area contributed by atoms with Crippen LogP contribution in [-0.4, -0.2) is 86.6 Å². The van der Waals surface area contributed by atoms with Gasteiger partial charge in [0.05, 0.1) is 19.3 Å². The van der Waals surface area contributed by atoms with E-state index in [1.54, 1.807) is 0 Å². The molecule has 2 heterocycles. The minimum Gasteiger partial charge on any atom is -0.390 e. The minimum absolute atomic E-state index is 0.291. The average molecular weight is 333 g/mol. The zero-order valence-electron chi connectivity index (χ0n) is 14.8. The highest BCUT2D eigenvalue weighted by molar-refractivity contribution is 5.46. The molecule has 1 aromatic rings. The van der Waals surface area contributed by atoms with Crippen LogP contribution in [0, 0.1) is 0 Å². The van der Waals surface area contributed by atoms with Crippen LogP contribution in [0.3, 0.4) is 0 Å². The summed E-state index contributed by atoms with van der Waals surface area (Å²) in [4.78, 5) is 7.12. The number of likely N-dealkylation sites (N-methyl/N-ethyl adjacent to an activating group) is 1. The van der Waals surface area contributed by atoms with Crippen molar-refractivity contribution in [1.82, 2.24) is 9.80 Å². The van der Waals surface area contributed by atoms with Gasteiger partial charge in [-0.15, -0.1) is 0 Å². The molecule has 5 heteroatoms. The van der Waals surface area contributed by atoms with Crippen LogP contribution in [0.15, 0.2) is 30.3 Å². The van der Waals surface area contributed by atoms with Gasteiger partial charge in [0.2, 0.25) is 0 Å². The molecule has 0 saturated carbocycles. The van der Waals surface area contributed by atoms with Gasteiger partial charge in [0.15, 0.2) is 0 Å². The number of aliphatic hydroxyl groups is 1. The molecule has 2 aliphatic heterocycles. The Bertz CT molecular complexity index is 479. The van der Waals surface area contributed by atoms with Crippen molar-refractivity contribution in [3.8, 4) is 0 Å². The van der Waals surface area contributed by atoms with E-state index in [1.807, 2.05) is 0 Å². The Labute approximate surface area is 145 Å². The van der Waals surface area contributed by atoms with Crippen molar-refractivity contribution in [2.45, 2.75) is 25.0 Å². The molecule has 0 amide bonds. The molecular formula is C19H31N3O2. The van der Waals surface area contributed by atoms with Crippen LogP contribution < -0.4 is 4.90 Å². The average Bonchev–Trinajstić information content (AvgIpc) is 2.63. The van der Waals surface area contributed by atoms with Crippen molar-refractivity contribution in [2.75, 3.05) is 64.4 Å². The predicted octanol–water partition coefficient (Wildman–Crippen LogP) is 1.28. The van der Waals surface area contributed by atoms with Crippen LogP contribution >= 0.6 is 0 Å². The second-order valence-corrected chi connectivity index (χ2v) is 7.08. The van der Waals surface area contributed by atoms with Crippen LogP contribution in [0.4, 0.5) is 5.69 Å². The third-order valence-corrected chi connectivity index (χ3v) is 5.21. The molecule has 3 rings (SSSR count). The first-order valence-corrected chi connectivity index (χ1v) is 9.21. The fraction of sp³-hybridized carbons (Fsp3) is 0.684. The summed E-state index contributed by atoms with van der Waals surface area (Å²) in [5, 5.41) is 10.4. The Kier molecular flexibility index (Phi) is 6.49. The lowest BCUT2D eigenvalue weighted by molar-refractivity contribution is 0.00530. The number of rotatable bonds is 6. The van der Waals surface area contributed by atoms with E-state index in [2.05, 4.69) is 52.1 Å². The standard InChI is InChI=1S/C19H31N3O2/c1-20(15-19(23)16-21-10-12-24-13-11-21)18-8-5-9-22(14-18)17-6-3-2-4-7-17/h2-4,6-7,18-19,23H,5,8-16H2,1H3/t18-,19+/m0/s1. The fourth-order valence-electron chi connectivity index (χ4n) is 3.81. The second-order valence-electron chi connectivity index (χ2n) is 7.08. The summed E-state index contributed by atoms with van der Waals surface area (Å²) in [6.45, 7) is 7.12. The highest BCUT2D eigenvalue weighted by atomic mass is 16.5. The summed E-state index contributed by atoms with van der Waals surface area (Å²) in [5.41, 5.74) is 1.31. The third kappa shape index (κ3) is 4.93. The summed E-state index contributed by atoms with van der Waals surface area (Å²) in [5.74, 6) is 0. The van der Waals surface area contributed by atoms with E-state index in [-0.39, 0.29) is 6.10 Å². The number of aliphatic hydroxyl groups excluding tert-OH is 1. The number of nitrogens with zero attached hydrogens (tertiary/aromatic N) is 3.